The molecular weight excluding hydrogens is 334 g/mol. The molecule has 0 fully saturated rings. The lowest BCUT2D eigenvalue weighted by Gasteiger charge is -2.10. The molecule has 3 rings (SSSR count). The molecule has 1 heterocycles. The van der Waals surface area contributed by atoms with Crippen LogP contribution < -0.4 is 4.72 Å². The van der Waals surface area contributed by atoms with Gasteiger partial charge in [0.05, 0.1) is 28.2 Å². The highest BCUT2D eigenvalue weighted by molar-refractivity contribution is 7.92. The van der Waals surface area contributed by atoms with E-state index in [0.717, 1.165) is 5.56 Å². The maximum Gasteiger partial charge on any atom is 0.261 e. The number of aryl methyl sites for hydroxylation is 1. The van der Waals surface area contributed by atoms with E-state index < -0.39 is 10.0 Å². The number of nitrogens with one attached hydrogen (secondary N) is 1. The Morgan fingerprint density at radius 1 is 0.960 bits per heavy atom. The topological polar surface area (TPSA) is 71.4 Å². The fourth-order valence-electron chi connectivity index (χ4n) is 2.18. The van der Waals surface area contributed by atoms with Crippen molar-refractivity contribution in [2.24, 2.45) is 4.99 Å². The molecule has 0 aliphatic rings. The standard InChI is InChI=1S/C19H17N3O2S/c1-15-9-11-17(12-10-15)25(23,24)22-19-8-3-2-7-18(19)21-14-16-6-4-5-13-20-16/h2-14,22H,1H3. The van der Waals surface area contributed by atoms with Crippen LogP contribution in [0.1, 0.15) is 11.3 Å². The van der Waals surface area contributed by atoms with Crippen molar-refractivity contribution in [2.75, 3.05) is 4.72 Å². The van der Waals surface area contributed by atoms with E-state index in [1.807, 2.05) is 25.1 Å². The van der Waals surface area contributed by atoms with E-state index in [-0.39, 0.29) is 4.90 Å². The van der Waals surface area contributed by atoms with Crippen LogP contribution in [0.4, 0.5) is 11.4 Å². The maximum absolute atomic E-state index is 12.6. The molecule has 0 bridgehead atoms. The maximum atomic E-state index is 12.6. The summed E-state index contributed by atoms with van der Waals surface area (Å²) in [6, 6.07) is 19.2. The van der Waals surface area contributed by atoms with E-state index >= 15 is 0 Å². The Morgan fingerprint density at radius 2 is 1.68 bits per heavy atom. The van der Waals surface area contributed by atoms with Crippen LogP contribution in [0.25, 0.3) is 0 Å². The summed E-state index contributed by atoms with van der Waals surface area (Å²) in [5, 5.41) is 0. The molecule has 0 saturated heterocycles. The van der Waals surface area contributed by atoms with Gasteiger partial charge in [-0.3, -0.25) is 14.7 Å². The predicted molar refractivity (Wildman–Crippen MR) is 99.9 cm³/mol. The number of nitrogens with zero attached hydrogens (tertiary/aromatic N) is 2. The molecule has 0 unspecified atom stereocenters. The first-order valence-electron chi connectivity index (χ1n) is 7.68. The van der Waals surface area contributed by atoms with Gasteiger partial charge in [-0.2, -0.15) is 0 Å². The van der Waals surface area contributed by atoms with Gasteiger partial charge in [-0.15, -0.1) is 0 Å². The van der Waals surface area contributed by atoms with Gasteiger partial charge >= 0.3 is 0 Å². The molecule has 0 aliphatic heterocycles. The zero-order valence-electron chi connectivity index (χ0n) is 13.6. The summed E-state index contributed by atoms with van der Waals surface area (Å²) in [6.45, 7) is 1.91. The molecule has 25 heavy (non-hydrogen) atoms. The summed E-state index contributed by atoms with van der Waals surface area (Å²) in [5.74, 6) is 0. The van der Waals surface area contributed by atoms with Gasteiger partial charge in [-0.25, -0.2) is 8.42 Å². The molecule has 0 atom stereocenters. The largest absolute Gasteiger partial charge is 0.277 e. The highest BCUT2D eigenvalue weighted by Crippen LogP contribution is 2.27. The summed E-state index contributed by atoms with van der Waals surface area (Å²) in [7, 11) is -3.68. The smallest absolute Gasteiger partial charge is 0.261 e. The average molecular weight is 351 g/mol. The van der Waals surface area contributed by atoms with Gasteiger partial charge in [0.15, 0.2) is 0 Å². The van der Waals surface area contributed by atoms with E-state index in [2.05, 4.69) is 14.7 Å². The first kappa shape index (κ1) is 16.9. The second-order valence-electron chi connectivity index (χ2n) is 5.45. The molecule has 1 aromatic heterocycles. The average Bonchev–Trinajstić information content (AvgIpc) is 2.62. The lowest BCUT2D eigenvalue weighted by molar-refractivity contribution is 0.601. The van der Waals surface area contributed by atoms with Gasteiger partial charge in [-0.1, -0.05) is 35.9 Å². The zero-order valence-corrected chi connectivity index (χ0v) is 14.4. The Morgan fingerprint density at radius 3 is 2.40 bits per heavy atom. The third-order valence-electron chi connectivity index (χ3n) is 3.50. The number of rotatable bonds is 5. The van der Waals surface area contributed by atoms with Gasteiger partial charge in [-0.05, 0) is 43.3 Å². The summed E-state index contributed by atoms with van der Waals surface area (Å²) in [4.78, 5) is 8.73. The molecule has 126 valence electrons. The van der Waals surface area contributed by atoms with Crippen molar-refractivity contribution >= 4 is 27.6 Å². The molecule has 0 radical (unpaired) electrons. The van der Waals surface area contributed by atoms with Crippen LogP contribution in [0.5, 0.6) is 0 Å². The second kappa shape index (κ2) is 7.27. The third-order valence-corrected chi connectivity index (χ3v) is 4.88. The SMILES string of the molecule is Cc1ccc(S(=O)(=O)Nc2ccccc2N=Cc2ccccn2)cc1. The number of sulfonamides is 1. The van der Waals surface area contributed by atoms with Crippen LogP contribution in [0.2, 0.25) is 0 Å². The number of pyridine rings is 1. The molecule has 2 aromatic carbocycles. The van der Waals surface area contributed by atoms with Crippen molar-refractivity contribution in [1.82, 2.24) is 4.98 Å². The molecular formula is C19H17N3O2S. The molecule has 6 heteroatoms. The van der Waals surface area contributed by atoms with Crippen molar-refractivity contribution in [1.29, 1.82) is 0 Å². The molecule has 0 saturated carbocycles. The third kappa shape index (κ3) is 4.30. The highest BCUT2D eigenvalue weighted by Gasteiger charge is 2.15. The molecule has 5 nitrogen and oxygen atoms in total. The molecule has 0 spiro atoms. The number of hydrogen-bond donors (Lipinski definition) is 1. The van der Waals surface area contributed by atoms with Gasteiger partial charge in [0.25, 0.3) is 10.0 Å². The lowest BCUT2D eigenvalue weighted by atomic mass is 10.2. The van der Waals surface area contributed by atoms with Crippen LogP contribution in [0, 0.1) is 6.92 Å². The van der Waals surface area contributed by atoms with Crippen LogP contribution in [0.3, 0.4) is 0 Å². The first-order chi connectivity index (χ1) is 12.0. The normalized spacial score (nSPS) is 11.6. The van der Waals surface area contributed by atoms with Crippen molar-refractivity contribution in [2.45, 2.75) is 11.8 Å². The quantitative estimate of drug-likeness (QED) is 0.708. The minimum Gasteiger partial charge on any atom is -0.277 e. The second-order valence-corrected chi connectivity index (χ2v) is 7.13. The van der Waals surface area contributed by atoms with Crippen LogP contribution in [-0.2, 0) is 10.0 Å². The lowest BCUT2D eigenvalue weighted by Crippen LogP contribution is -2.13. The van der Waals surface area contributed by atoms with Crippen LogP contribution in [-0.4, -0.2) is 19.6 Å². The van der Waals surface area contributed by atoms with Gasteiger partial charge in [0.1, 0.15) is 0 Å². The van der Waals surface area contributed by atoms with E-state index in [4.69, 9.17) is 0 Å². The number of aliphatic imine (C=N–C) groups is 1. The van der Waals surface area contributed by atoms with Crippen LogP contribution in [0.15, 0.2) is 82.8 Å². The minimum absolute atomic E-state index is 0.210. The Hall–Kier alpha value is -2.99. The Labute approximate surface area is 147 Å². The van der Waals surface area contributed by atoms with Crippen molar-refractivity contribution in [3.05, 3.63) is 84.2 Å². The summed E-state index contributed by atoms with van der Waals surface area (Å²) in [6.07, 6.45) is 3.27. The molecule has 3 aromatic rings. The summed E-state index contributed by atoms with van der Waals surface area (Å²) >= 11 is 0. The Bertz CT molecular complexity index is 983. The fraction of sp³-hybridized carbons (Fsp3) is 0.0526. The Balaban J connectivity index is 1.88. The van der Waals surface area contributed by atoms with Crippen molar-refractivity contribution in [3.8, 4) is 0 Å². The number of para-hydroxylation sites is 2. The first-order valence-corrected chi connectivity index (χ1v) is 9.16. The monoisotopic (exact) mass is 351 g/mol. The molecule has 1 N–H and O–H groups in total. The van der Waals surface area contributed by atoms with Crippen molar-refractivity contribution < 1.29 is 8.42 Å². The predicted octanol–water partition coefficient (Wildman–Crippen LogP) is 3.94. The van der Waals surface area contributed by atoms with Crippen molar-refractivity contribution in [3.63, 3.8) is 0 Å². The van der Waals surface area contributed by atoms with Crippen LogP contribution >= 0.6 is 0 Å². The van der Waals surface area contributed by atoms with E-state index in [1.54, 1.807) is 60.9 Å². The molecule has 0 aliphatic carbocycles. The fourth-order valence-corrected chi connectivity index (χ4v) is 3.26. The van der Waals surface area contributed by atoms with Gasteiger partial charge in [0.2, 0.25) is 0 Å². The van der Waals surface area contributed by atoms with Gasteiger partial charge < -0.3 is 0 Å². The highest BCUT2D eigenvalue weighted by atomic mass is 32.2. The van der Waals surface area contributed by atoms with E-state index in [0.29, 0.717) is 17.1 Å². The summed E-state index contributed by atoms with van der Waals surface area (Å²) in [5.41, 5.74) is 2.62. The van der Waals surface area contributed by atoms with E-state index in [1.165, 1.54) is 0 Å². The Kier molecular flexibility index (Phi) is 4.90. The number of anilines is 1. The number of hydrogen-bond acceptors (Lipinski definition) is 4. The molecule has 0 amide bonds. The van der Waals surface area contributed by atoms with Gasteiger partial charge in [0, 0.05) is 6.20 Å². The zero-order chi connectivity index (χ0) is 17.7. The van der Waals surface area contributed by atoms with E-state index in [9.17, 15) is 8.42 Å². The number of benzene rings is 2. The number of aromatic nitrogens is 1. The summed E-state index contributed by atoms with van der Waals surface area (Å²) < 4.78 is 27.7. The minimum atomic E-state index is -3.68.